The fourth-order valence-corrected chi connectivity index (χ4v) is 1.73. The average molecular weight is 280 g/mol. The molecule has 1 unspecified atom stereocenters. The number of aromatic carboxylic acids is 1. The van der Waals surface area contributed by atoms with Crippen molar-refractivity contribution in [3.05, 3.63) is 29.8 Å². The lowest BCUT2D eigenvalue weighted by atomic mass is 10.2. The summed E-state index contributed by atoms with van der Waals surface area (Å²) in [5.74, 6) is -1.00. The van der Waals surface area contributed by atoms with Gasteiger partial charge in [0.2, 0.25) is 0 Å². The highest BCUT2D eigenvalue weighted by Gasteiger charge is 2.15. The Labute approximate surface area is 115 Å². The summed E-state index contributed by atoms with van der Waals surface area (Å²) in [4.78, 5) is 22.3. The molecule has 108 valence electrons. The van der Waals surface area contributed by atoms with Crippen molar-refractivity contribution in [3.8, 4) is 0 Å². The molecule has 7 heteroatoms. The first-order valence-corrected chi connectivity index (χ1v) is 6.22. The minimum absolute atomic E-state index is 0.135. The molecule has 1 fully saturated rings. The summed E-state index contributed by atoms with van der Waals surface area (Å²) < 4.78 is 10.6. The molecular weight excluding hydrogens is 264 g/mol. The minimum atomic E-state index is -1.00. The van der Waals surface area contributed by atoms with E-state index < -0.39 is 5.97 Å². The predicted molar refractivity (Wildman–Crippen MR) is 71.0 cm³/mol. The summed E-state index contributed by atoms with van der Waals surface area (Å²) in [6.45, 7) is 1.94. The molecular formula is C13H16N2O5. The third-order valence-electron chi connectivity index (χ3n) is 2.76. The number of urea groups is 1. The Hall–Kier alpha value is -2.12. The minimum Gasteiger partial charge on any atom is -0.478 e. The summed E-state index contributed by atoms with van der Waals surface area (Å²) in [6, 6.07) is 5.54. The number of nitrogens with one attached hydrogen (secondary N) is 2. The fourth-order valence-electron chi connectivity index (χ4n) is 1.73. The first-order valence-electron chi connectivity index (χ1n) is 6.22. The second kappa shape index (κ2) is 6.88. The number of carboxylic acid groups (broad SMARTS) is 1. The molecule has 0 saturated carbocycles. The van der Waals surface area contributed by atoms with Crippen LogP contribution in [-0.2, 0) is 9.47 Å². The molecule has 0 radical (unpaired) electrons. The van der Waals surface area contributed by atoms with E-state index in [-0.39, 0.29) is 17.7 Å². The van der Waals surface area contributed by atoms with Crippen LogP contribution >= 0.6 is 0 Å². The molecule has 0 aliphatic carbocycles. The number of ether oxygens (including phenoxy) is 2. The third-order valence-corrected chi connectivity index (χ3v) is 2.76. The van der Waals surface area contributed by atoms with Crippen LogP contribution in [0.5, 0.6) is 0 Å². The van der Waals surface area contributed by atoms with Crippen LogP contribution in [-0.4, -0.2) is 49.6 Å². The lowest BCUT2D eigenvalue weighted by Crippen LogP contribution is -2.41. The zero-order valence-corrected chi connectivity index (χ0v) is 10.8. The highest BCUT2D eigenvalue weighted by atomic mass is 16.6. The summed E-state index contributed by atoms with van der Waals surface area (Å²) >= 11 is 0. The fraction of sp³-hybridized carbons (Fsp3) is 0.385. The highest BCUT2D eigenvalue weighted by molar-refractivity contribution is 5.91. The Morgan fingerprint density at radius 1 is 1.25 bits per heavy atom. The summed E-state index contributed by atoms with van der Waals surface area (Å²) in [7, 11) is 0. The van der Waals surface area contributed by atoms with E-state index in [9.17, 15) is 9.59 Å². The number of benzene rings is 1. The van der Waals surface area contributed by atoms with E-state index in [0.717, 1.165) is 0 Å². The van der Waals surface area contributed by atoms with Crippen LogP contribution in [0.25, 0.3) is 0 Å². The van der Waals surface area contributed by atoms with Gasteiger partial charge in [0.05, 0.1) is 31.5 Å². The smallest absolute Gasteiger partial charge is 0.335 e. The molecule has 2 rings (SSSR count). The van der Waals surface area contributed by atoms with Gasteiger partial charge in [-0.25, -0.2) is 9.59 Å². The molecule has 1 saturated heterocycles. The molecule has 1 aromatic rings. The first kappa shape index (κ1) is 14.3. The molecule has 1 aliphatic heterocycles. The molecule has 3 N–H and O–H groups in total. The highest BCUT2D eigenvalue weighted by Crippen LogP contribution is 2.09. The van der Waals surface area contributed by atoms with Gasteiger partial charge < -0.3 is 25.2 Å². The van der Waals surface area contributed by atoms with E-state index in [1.54, 1.807) is 0 Å². The second-order valence-corrected chi connectivity index (χ2v) is 4.29. The quantitative estimate of drug-likeness (QED) is 0.762. The number of carbonyl (C=O) groups is 2. The lowest BCUT2D eigenvalue weighted by Gasteiger charge is -2.23. The van der Waals surface area contributed by atoms with Crippen molar-refractivity contribution >= 4 is 17.7 Å². The number of carboxylic acids is 1. The van der Waals surface area contributed by atoms with Gasteiger partial charge in [0, 0.05) is 12.2 Å². The Morgan fingerprint density at radius 2 is 2.00 bits per heavy atom. The number of hydrogen-bond donors (Lipinski definition) is 3. The number of hydrogen-bond acceptors (Lipinski definition) is 4. The van der Waals surface area contributed by atoms with Gasteiger partial charge in [-0.15, -0.1) is 0 Å². The maximum Gasteiger partial charge on any atom is 0.335 e. The largest absolute Gasteiger partial charge is 0.478 e. The number of carbonyl (C=O) groups excluding carboxylic acids is 1. The van der Waals surface area contributed by atoms with Gasteiger partial charge in [-0.2, -0.15) is 0 Å². The Balaban J connectivity index is 1.77. The van der Waals surface area contributed by atoms with Crippen molar-refractivity contribution in [2.45, 2.75) is 6.10 Å². The van der Waals surface area contributed by atoms with E-state index in [0.29, 0.717) is 32.1 Å². The van der Waals surface area contributed by atoms with Crippen molar-refractivity contribution in [3.63, 3.8) is 0 Å². The molecule has 7 nitrogen and oxygen atoms in total. The second-order valence-electron chi connectivity index (χ2n) is 4.29. The zero-order valence-electron chi connectivity index (χ0n) is 10.8. The van der Waals surface area contributed by atoms with Gasteiger partial charge in [0.25, 0.3) is 0 Å². The van der Waals surface area contributed by atoms with Crippen LogP contribution in [0.15, 0.2) is 24.3 Å². The number of anilines is 1. The molecule has 20 heavy (non-hydrogen) atoms. The summed E-state index contributed by atoms with van der Waals surface area (Å²) in [5.41, 5.74) is 0.692. The number of amides is 2. The SMILES string of the molecule is O=C(NCC1COCCO1)Nc1ccc(C(=O)O)cc1. The zero-order chi connectivity index (χ0) is 14.4. The van der Waals surface area contributed by atoms with Crippen molar-refractivity contribution in [2.24, 2.45) is 0 Å². The van der Waals surface area contributed by atoms with Crippen molar-refractivity contribution in [2.75, 3.05) is 31.7 Å². The van der Waals surface area contributed by atoms with Crippen molar-refractivity contribution in [1.29, 1.82) is 0 Å². The van der Waals surface area contributed by atoms with Gasteiger partial charge in [-0.3, -0.25) is 0 Å². The monoisotopic (exact) mass is 280 g/mol. The van der Waals surface area contributed by atoms with E-state index in [1.165, 1.54) is 24.3 Å². The first-order chi connectivity index (χ1) is 9.65. The normalized spacial score (nSPS) is 18.3. The standard InChI is InChI=1S/C13H16N2O5/c16-12(17)9-1-3-10(4-2-9)15-13(18)14-7-11-8-19-5-6-20-11/h1-4,11H,5-8H2,(H,16,17)(H2,14,15,18). The van der Waals surface area contributed by atoms with E-state index in [2.05, 4.69) is 10.6 Å². The Bertz CT molecular complexity index is 468. The maximum atomic E-state index is 11.6. The van der Waals surface area contributed by atoms with E-state index >= 15 is 0 Å². The molecule has 1 aliphatic rings. The van der Waals surface area contributed by atoms with E-state index in [1.807, 2.05) is 0 Å². The van der Waals surface area contributed by atoms with Crippen LogP contribution in [0.2, 0.25) is 0 Å². The maximum absolute atomic E-state index is 11.6. The van der Waals surface area contributed by atoms with Crippen LogP contribution in [0, 0.1) is 0 Å². The van der Waals surface area contributed by atoms with Crippen LogP contribution in [0.4, 0.5) is 10.5 Å². The Morgan fingerprint density at radius 3 is 2.60 bits per heavy atom. The van der Waals surface area contributed by atoms with Gasteiger partial charge >= 0.3 is 12.0 Å². The molecule has 1 heterocycles. The summed E-state index contributed by atoms with van der Waals surface area (Å²) in [5, 5.41) is 14.0. The lowest BCUT2D eigenvalue weighted by molar-refractivity contribution is -0.0852. The Kier molecular flexibility index (Phi) is 4.91. The van der Waals surface area contributed by atoms with Crippen LogP contribution in [0.1, 0.15) is 10.4 Å². The van der Waals surface area contributed by atoms with Crippen molar-refractivity contribution < 1.29 is 24.2 Å². The van der Waals surface area contributed by atoms with Crippen molar-refractivity contribution in [1.82, 2.24) is 5.32 Å². The molecule has 1 aromatic carbocycles. The molecule has 1 atom stereocenters. The van der Waals surface area contributed by atoms with Gasteiger partial charge in [0.15, 0.2) is 0 Å². The summed E-state index contributed by atoms with van der Waals surface area (Å²) in [6.07, 6.45) is -0.135. The van der Waals surface area contributed by atoms with Crippen LogP contribution in [0.3, 0.4) is 0 Å². The predicted octanol–water partition coefficient (Wildman–Crippen LogP) is 0.922. The van der Waals surface area contributed by atoms with Crippen LogP contribution < -0.4 is 10.6 Å². The molecule has 0 spiro atoms. The third kappa shape index (κ3) is 4.22. The van der Waals surface area contributed by atoms with Gasteiger partial charge in [-0.05, 0) is 24.3 Å². The average Bonchev–Trinajstić information content (AvgIpc) is 2.47. The topological polar surface area (TPSA) is 96.9 Å². The molecule has 0 aromatic heterocycles. The van der Waals surface area contributed by atoms with Gasteiger partial charge in [-0.1, -0.05) is 0 Å². The van der Waals surface area contributed by atoms with E-state index in [4.69, 9.17) is 14.6 Å². The van der Waals surface area contributed by atoms with Gasteiger partial charge in [0.1, 0.15) is 0 Å². The number of rotatable bonds is 4. The molecule has 0 bridgehead atoms. The molecule has 2 amide bonds.